The minimum absolute atomic E-state index is 0.162. The summed E-state index contributed by atoms with van der Waals surface area (Å²) in [5.74, 6) is 1.77. The first-order valence-corrected chi connectivity index (χ1v) is 7.94. The van der Waals surface area contributed by atoms with E-state index in [4.69, 9.17) is 9.47 Å². The van der Waals surface area contributed by atoms with Gasteiger partial charge in [0.2, 0.25) is 5.91 Å². The molecular weight excluding hydrogens is 334 g/mol. The molecule has 1 N–H and O–H groups in total. The number of aryl methyl sites for hydroxylation is 1. The lowest BCUT2D eigenvalue weighted by molar-refractivity contribution is -0.115. The number of hydrogen-bond donors (Lipinski definition) is 1. The van der Waals surface area contributed by atoms with Crippen molar-refractivity contribution in [2.75, 3.05) is 19.5 Å². The number of carbonyl (C=O) groups is 1. The highest BCUT2D eigenvalue weighted by atomic mass is 16.5. The highest BCUT2D eigenvalue weighted by molar-refractivity contribution is 5.93. The van der Waals surface area contributed by atoms with Gasteiger partial charge in [-0.3, -0.25) is 4.79 Å². The summed E-state index contributed by atoms with van der Waals surface area (Å²) in [4.78, 5) is 12.5. The number of tetrazole rings is 1. The molecule has 0 fully saturated rings. The zero-order valence-corrected chi connectivity index (χ0v) is 14.8. The molecule has 0 radical (unpaired) electrons. The van der Waals surface area contributed by atoms with Crippen LogP contribution in [0.5, 0.6) is 11.5 Å². The normalized spacial score (nSPS) is 10.4. The van der Waals surface area contributed by atoms with E-state index in [9.17, 15) is 4.79 Å². The van der Waals surface area contributed by atoms with Crippen molar-refractivity contribution in [2.45, 2.75) is 6.42 Å². The molecule has 0 atom stereocenters. The number of methoxy groups -OCH3 is 2. The van der Waals surface area contributed by atoms with Gasteiger partial charge in [0.1, 0.15) is 11.5 Å². The van der Waals surface area contributed by atoms with Gasteiger partial charge in [-0.05, 0) is 40.8 Å². The van der Waals surface area contributed by atoms with Crippen molar-refractivity contribution in [1.29, 1.82) is 0 Å². The summed E-state index contributed by atoms with van der Waals surface area (Å²) in [6, 6.07) is 12.7. The van der Waals surface area contributed by atoms with Crippen LogP contribution in [0.1, 0.15) is 5.56 Å². The van der Waals surface area contributed by atoms with Gasteiger partial charge in [0, 0.05) is 23.9 Å². The molecule has 3 rings (SSSR count). The van der Waals surface area contributed by atoms with Crippen molar-refractivity contribution in [1.82, 2.24) is 20.2 Å². The van der Waals surface area contributed by atoms with Crippen LogP contribution in [0.4, 0.5) is 5.69 Å². The number of nitrogens with one attached hydrogen (secondary N) is 1. The predicted molar refractivity (Wildman–Crippen MR) is 96.1 cm³/mol. The highest BCUT2D eigenvalue weighted by Crippen LogP contribution is 2.25. The molecule has 26 heavy (non-hydrogen) atoms. The average Bonchev–Trinajstić information content (AvgIpc) is 3.07. The first-order chi connectivity index (χ1) is 12.6. The van der Waals surface area contributed by atoms with Crippen LogP contribution in [-0.2, 0) is 18.3 Å². The van der Waals surface area contributed by atoms with Gasteiger partial charge in [0.05, 0.1) is 20.6 Å². The third-order valence-corrected chi connectivity index (χ3v) is 3.86. The lowest BCUT2D eigenvalue weighted by Gasteiger charge is -2.11. The first-order valence-electron chi connectivity index (χ1n) is 7.94. The van der Waals surface area contributed by atoms with Crippen molar-refractivity contribution in [3.8, 4) is 22.9 Å². The van der Waals surface area contributed by atoms with Crippen LogP contribution in [0, 0.1) is 0 Å². The van der Waals surface area contributed by atoms with Crippen LogP contribution < -0.4 is 14.8 Å². The molecule has 0 bridgehead atoms. The third-order valence-electron chi connectivity index (χ3n) is 3.86. The Hall–Kier alpha value is -3.42. The number of rotatable bonds is 6. The Morgan fingerprint density at radius 3 is 2.69 bits per heavy atom. The van der Waals surface area contributed by atoms with E-state index in [-0.39, 0.29) is 12.3 Å². The van der Waals surface area contributed by atoms with E-state index < -0.39 is 0 Å². The fourth-order valence-corrected chi connectivity index (χ4v) is 2.61. The van der Waals surface area contributed by atoms with Crippen LogP contribution in [0.15, 0.2) is 42.5 Å². The summed E-state index contributed by atoms with van der Waals surface area (Å²) >= 11 is 0. The van der Waals surface area contributed by atoms with E-state index in [0.29, 0.717) is 23.0 Å². The molecule has 0 aliphatic carbocycles. The Morgan fingerprint density at radius 2 is 2.00 bits per heavy atom. The monoisotopic (exact) mass is 353 g/mol. The second-order valence-electron chi connectivity index (χ2n) is 5.61. The number of amides is 1. The Bertz CT molecular complexity index is 923. The van der Waals surface area contributed by atoms with Crippen LogP contribution in [0.25, 0.3) is 11.4 Å². The topological polar surface area (TPSA) is 91.2 Å². The second-order valence-corrected chi connectivity index (χ2v) is 5.61. The summed E-state index contributed by atoms with van der Waals surface area (Å²) in [5.41, 5.74) is 2.23. The fraction of sp³-hybridized carbons (Fsp3) is 0.222. The number of benzene rings is 2. The van der Waals surface area contributed by atoms with E-state index in [0.717, 1.165) is 11.1 Å². The highest BCUT2D eigenvalue weighted by Gasteiger charge is 2.12. The lowest BCUT2D eigenvalue weighted by Crippen LogP contribution is -2.15. The average molecular weight is 353 g/mol. The van der Waals surface area contributed by atoms with Gasteiger partial charge in [-0.25, -0.2) is 4.68 Å². The van der Waals surface area contributed by atoms with Crippen LogP contribution in [0.3, 0.4) is 0 Å². The standard InChI is InChI=1S/C18H19N5O3/c1-23-18(20-21-22-23)12-5-4-6-14(9-12)19-17(24)11-13-10-15(25-2)7-8-16(13)26-3/h4-10H,11H2,1-3H3,(H,19,24). The van der Waals surface area contributed by atoms with Crippen LogP contribution in [-0.4, -0.2) is 40.3 Å². The lowest BCUT2D eigenvalue weighted by atomic mass is 10.1. The van der Waals surface area contributed by atoms with Gasteiger partial charge >= 0.3 is 0 Å². The molecule has 1 amide bonds. The zero-order chi connectivity index (χ0) is 18.5. The number of nitrogens with zero attached hydrogens (tertiary/aromatic N) is 4. The van der Waals surface area contributed by atoms with Crippen molar-refractivity contribution in [2.24, 2.45) is 7.05 Å². The number of carbonyl (C=O) groups excluding carboxylic acids is 1. The van der Waals surface area contributed by atoms with Crippen molar-refractivity contribution >= 4 is 11.6 Å². The second kappa shape index (κ2) is 7.64. The van der Waals surface area contributed by atoms with Crippen molar-refractivity contribution < 1.29 is 14.3 Å². The Morgan fingerprint density at radius 1 is 1.15 bits per heavy atom. The zero-order valence-electron chi connectivity index (χ0n) is 14.8. The number of ether oxygens (including phenoxy) is 2. The summed E-state index contributed by atoms with van der Waals surface area (Å²) in [5, 5.41) is 14.3. The molecule has 0 saturated heterocycles. The fourth-order valence-electron chi connectivity index (χ4n) is 2.61. The summed E-state index contributed by atoms with van der Waals surface area (Å²) in [6.45, 7) is 0. The van der Waals surface area contributed by atoms with Gasteiger partial charge in [-0.2, -0.15) is 0 Å². The van der Waals surface area contributed by atoms with Gasteiger partial charge in [-0.15, -0.1) is 5.10 Å². The van der Waals surface area contributed by atoms with Gasteiger partial charge in [0.25, 0.3) is 0 Å². The molecule has 3 aromatic rings. The van der Waals surface area contributed by atoms with E-state index in [1.807, 2.05) is 24.3 Å². The molecule has 1 heterocycles. The van der Waals surface area contributed by atoms with Gasteiger partial charge in [0.15, 0.2) is 5.82 Å². The Labute approximate surface area is 150 Å². The molecule has 2 aromatic carbocycles. The molecule has 1 aromatic heterocycles. The largest absolute Gasteiger partial charge is 0.497 e. The quantitative estimate of drug-likeness (QED) is 0.729. The molecule has 0 unspecified atom stereocenters. The molecule has 0 aliphatic rings. The molecule has 0 spiro atoms. The maximum Gasteiger partial charge on any atom is 0.228 e. The number of aromatic nitrogens is 4. The number of hydrogen-bond acceptors (Lipinski definition) is 6. The maximum atomic E-state index is 12.5. The van der Waals surface area contributed by atoms with Crippen LogP contribution >= 0.6 is 0 Å². The van der Waals surface area contributed by atoms with E-state index in [1.54, 1.807) is 44.1 Å². The Kier molecular flexibility index (Phi) is 5.12. The maximum absolute atomic E-state index is 12.5. The smallest absolute Gasteiger partial charge is 0.228 e. The number of anilines is 1. The van der Waals surface area contributed by atoms with E-state index in [1.165, 1.54) is 0 Å². The first kappa shape index (κ1) is 17.4. The van der Waals surface area contributed by atoms with Gasteiger partial charge in [-0.1, -0.05) is 12.1 Å². The SMILES string of the molecule is COc1ccc(OC)c(CC(=O)Nc2cccc(-c3nnnn3C)c2)c1. The van der Waals surface area contributed by atoms with Crippen LogP contribution in [0.2, 0.25) is 0 Å². The van der Waals surface area contributed by atoms with Gasteiger partial charge < -0.3 is 14.8 Å². The minimum Gasteiger partial charge on any atom is -0.497 e. The molecule has 8 nitrogen and oxygen atoms in total. The van der Waals surface area contributed by atoms with Crippen molar-refractivity contribution in [3.63, 3.8) is 0 Å². The molecule has 0 aliphatic heterocycles. The molecular formula is C18H19N5O3. The Balaban J connectivity index is 1.76. The van der Waals surface area contributed by atoms with Crippen molar-refractivity contribution in [3.05, 3.63) is 48.0 Å². The summed E-state index contributed by atoms with van der Waals surface area (Å²) in [6.07, 6.45) is 0.163. The summed E-state index contributed by atoms with van der Waals surface area (Å²) < 4.78 is 12.1. The molecule has 8 heteroatoms. The summed E-state index contributed by atoms with van der Waals surface area (Å²) in [7, 11) is 4.91. The minimum atomic E-state index is -0.162. The van der Waals surface area contributed by atoms with E-state index >= 15 is 0 Å². The molecule has 134 valence electrons. The predicted octanol–water partition coefficient (Wildman–Crippen LogP) is 2.08. The molecule has 0 saturated carbocycles. The third kappa shape index (κ3) is 3.80. The van der Waals surface area contributed by atoms with E-state index in [2.05, 4.69) is 20.8 Å².